The van der Waals surface area contributed by atoms with Gasteiger partial charge in [0.15, 0.2) is 0 Å². The molecule has 3 heterocycles. The number of nitrogens with zero attached hydrogens (tertiary/aromatic N) is 4. The minimum Gasteiger partial charge on any atom is -0.382 e. The molecule has 1 aliphatic carbocycles. The predicted octanol–water partition coefficient (Wildman–Crippen LogP) is 3.99. The monoisotopic (exact) mass is 418 g/mol. The van der Waals surface area contributed by atoms with Gasteiger partial charge in [-0.3, -0.25) is 0 Å². The first-order valence-electron chi connectivity index (χ1n) is 9.93. The summed E-state index contributed by atoms with van der Waals surface area (Å²) in [6, 6.07) is 2.18. The topological polar surface area (TPSA) is 94.0 Å². The molecule has 0 aromatic carbocycles. The summed E-state index contributed by atoms with van der Waals surface area (Å²) < 4.78 is 0. The summed E-state index contributed by atoms with van der Waals surface area (Å²) in [6.07, 6.45) is 11.3. The molecule has 2 aliphatic rings. The van der Waals surface area contributed by atoms with Crippen molar-refractivity contribution in [3.05, 3.63) is 29.7 Å². The molecule has 1 aliphatic heterocycles. The van der Waals surface area contributed by atoms with Gasteiger partial charge in [0.1, 0.15) is 16.7 Å². The van der Waals surface area contributed by atoms with Gasteiger partial charge < -0.3 is 16.4 Å². The Morgan fingerprint density at radius 2 is 2.00 bits per heavy atom. The highest BCUT2D eigenvalue weighted by Gasteiger charge is 2.47. The van der Waals surface area contributed by atoms with Gasteiger partial charge in [0, 0.05) is 30.2 Å². The number of nitrogens with two attached hydrogens (primary N) is 2. The van der Waals surface area contributed by atoms with Gasteiger partial charge in [-0.05, 0) is 43.1 Å². The van der Waals surface area contributed by atoms with Gasteiger partial charge in [-0.15, -0.1) is 0 Å². The van der Waals surface area contributed by atoms with E-state index in [0.717, 1.165) is 41.7 Å². The zero-order valence-corrected chi connectivity index (χ0v) is 17.7. The molecule has 2 fully saturated rings. The van der Waals surface area contributed by atoms with Crippen molar-refractivity contribution in [1.82, 2.24) is 15.0 Å². The number of pyridine rings is 1. The zero-order chi connectivity index (χ0) is 19.7. The van der Waals surface area contributed by atoms with Gasteiger partial charge in [0.05, 0.1) is 17.4 Å². The maximum Gasteiger partial charge on any atom is 0.147 e. The number of hydrogen-bond donors (Lipinski definition) is 2. The highest BCUT2D eigenvalue weighted by Crippen LogP contribution is 2.49. The smallest absolute Gasteiger partial charge is 0.147 e. The first-order chi connectivity index (χ1) is 13.5. The SMILES string of the molecule is CCC1CCC2(CCN(c3cnc(Sc4ccnc(N)c4Cl)cn3)CC2)[C@@H]1N. The second-order valence-electron chi connectivity index (χ2n) is 7.91. The van der Waals surface area contributed by atoms with E-state index in [2.05, 4.69) is 26.8 Å². The number of aromatic nitrogens is 3. The normalized spacial score (nSPS) is 24.0. The molecule has 4 rings (SSSR count). The number of nitrogen functional groups attached to an aromatic ring is 1. The number of halogens is 1. The molecule has 1 saturated carbocycles. The fourth-order valence-electron chi connectivity index (χ4n) is 4.70. The average Bonchev–Trinajstić information content (AvgIpc) is 3.02. The van der Waals surface area contributed by atoms with Crippen molar-refractivity contribution in [3.63, 3.8) is 0 Å². The number of rotatable bonds is 4. The first kappa shape index (κ1) is 19.7. The Kier molecular flexibility index (Phi) is 5.67. The molecule has 6 nitrogen and oxygen atoms in total. The maximum atomic E-state index is 6.63. The van der Waals surface area contributed by atoms with E-state index < -0.39 is 0 Å². The summed E-state index contributed by atoms with van der Waals surface area (Å²) >= 11 is 7.65. The molecule has 2 atom stereocenters. The zero-order valence-electron chi connectivity index (χ0n) is 16.1. The average molecular weight is 419 g/mol. The van der Waals surface area contributed by atoms with Crippen LogP contribution >= 0.6 is 23.4 Å². The van der Waals surface area contributed by atoms with Gasteiger partial charge in [0.25, 0.3) is 0 Å². The Balaban J connectivity index is 1.39. The molecule has 28 heavy (non-hydrogen) atoms. The van der Waals surface area contributed by atoms with Crippen molar-refractivity contribution in [2.45, 2.75) is 55.0 Å². The molecule has 1 unspecified atom stereocenters. The second kappa shape index (κ2) is 8.05. The van der Waals surface area contributed by atoms with E-state index in [4.69, 9.17) is 23.1 Å². The first-order valence-corrected chi connectivity index (χ1v) is 11.1. The lowest BCUT2D eigenvalue weighted by molar-refractivity contribution is 0.182. The summed E-state index contributed by atoms with van der Waals surface area (Å²) in [5.41, 5.74) is 12.7. The number of hydrogen-bond acceptors (Lipinski definition) is 7. The quantitative estimate of drug-likeness (QED) is 0.774. The number of piperidine rings is 1. The summed E-state index contributed by atoms with van der Waals surface area (Å²) in [6.45, 7) is 4.26. The summed E-state index contributed by atoms with van der Waals surface area (Å²) in [7, 11) is 0. The van der Waals surface area contributed by atoms with E-state index in [1.165, 1.54) is 31.0 Å². The molecule has 0 radical (unpaired) electrons. The third-order valence-electron chi connectivity index (χ3n) is 6.55. The summed E-state index contributed by atoms with van der Waals surface area (Å²) in [5, 5.41) is 1.24. The molecule has 0 amide bonds. The minimum absolute atomic E-state index is 0.328. The lowest BCUT2D eigenvalue weighted by Crippen LogP contribution is -2.48. The maximum absolute atomic E-state index is 6.63. The van der Waals surface area contributed by atoms with Crippen molar-refractivity contribution < 1.29 is 0 Å². The van der Waals surface area contributed by atoms with Gasteiger partial charge in [0.2, 0.25) is 0 Å². The van der Waals surface area contributed by atoms with Gasteiger partial charge >= 0.3 is 0 Å². The van der Waals surface area contributed by atoms with E-state index in [1.54, 1.807) is 12.4 Å². The second-order valence-corrected chi connectivity index (χ2v) is 9.35. The molecule has 150 valence electrons. The Morgan fingerprint density at radius 3 is 2.64 bits per heavy atom. The van der Waals surface area contributed by atoms with Crippen LogP contribution in [-0.2, 0) is 0 Å². The predicted molar refractivity (Wildman–Crippen MR) is 115 cm³/mol. The molecular formula is C20H27ClN6S. The van der Waals surface area contributed by atoms with Crippen molar-refractivity contribution in [3.8, 4) is 0 Å². The van der Waals surface area contributed by atoms with E-state index in [-0.39, 0.29) is 0 Å². The third kappa shape index (κ3) is 3.67. The Labute approximate surface area is 175 Å². The Morgan fingerprint density at radius 1 is 1.21 bits per heavy atom. The van der Waals surface area contributed by atoms with Crippen LogP contribution in [0.5, 0.6) is 0 Å². The van der Waals surface area contributed by atoms with Crippen LogP contribution in [0.1, 0.15) is 39.0 Å². The van der Waals surface area contributed by atoms with Gasteiger partial charge in [-0.1, -0.05) is 36.7 Å². The van der Waals surface area contributed by atoms with Crippen LogP contribution in [0.25, 0.3) is 0 Å². The Hall–Kier alpha value is -1.57. The molecule has 2 aromatic rings. The van der Waals surface area contributed by atoms with E-state index >= 15 is 0 Å². The highest BCUT2D eigenvalue weighted by molar-refractivity contribution is 7.99. The van der Waals surface area contributed by atoms with Crippen LogP contribution in [0.4, 0.5) is 11.6 Å². The lowest BCUT2D eigenvalue weighted by atomic mass is 9.73. The lowest BCUT2D eigenvalue weighted by Gasteiger charge is -2.43. The van der Waals surface area contributed by atoms with E-state index in [0.29, 0.717) is 28.2 Å². The Bertz CT molecular complexity index is 822. The summed E-state index contributed by atoms with van der Waals surface area (Å²) in [5.74, 6) is 1.95. The van der Waals surface area contributed by atoms with Gasteiger partial charge in [-0.2, -0.15) is 0 Å². The standard InChI is InChI=1S/C20H27ClN6S/c1-2-13-3-5-20(18(13)22)6-9-27(10-7-20)15-11-26-16(12-25-15)28-14-4-8-24-19(23)17(14)21/h4,8,11-13,18H,2-3,5-7,9-10,22H2,1H3,(H2,23,24)/t13?,18-/m1/s1. The van der Waals surface area contributed by atoms with Crippen LogP contribution in [0.15, 0.2) is 34.6 Å². The van der Waals surface area contributed by atoms with Crippen molar-refractivity contribution >= 4 is 35.0 Å². The fraction of sp³-hybridized carbons (Fsp3) is 0.550. The fourth-order valence-corrected chi connectivity index (χ4v) is 5.69. The van der Waals surface area contributed by atoms with Crippen molar-refractivity contribution in [1.29, 1.82) is 0 Å². The van der Waals surface area contributed by atoms with E-state index in [1.807, 2.05) is 12.3 Å². The van der Waals surface area contributed by atoms with Gasteiger partial charge in [-0.25, -0.2) is 15.0 Å². The van der Waals surface area contributed by atoms with Crippen LogP contribution in [0.2, 0.25) is 5.02 Å². The van der Waals surface area contributed by atoms with Crippen molar-refractivity contribution in [2.24, 2.45) is 17.1 Å². The molecule has 0 bridgehead atoms. The molecular weight excluding hydrogens is 392 g/mol. The van der Waals surface area contributed by atoms with Crippen LogP contribution in [-0.4, -0.2) is 34.1 Å². The molecule has 4 N–H and O–H groups in total. The molecule has 1 saturated heterocycles. The minimum atomic E-state index is 0.328. The third-order valence-corrected chi connectivity index (χ3v) is 8.03. The van der Waals surface area contributed by atoms with E-state index in [9.17, 15) is 0 Å². The molecule has 1 spiro atoms. The molecule has 2 aromatic heterocycles. The van der Waals surface area contributed by atoms with Crippen LogP contribution in [0.3, 0.4) is 0 Å². The molecule has 8 heteroatoms. The van der Waals surface area contributed by atoms with Crippen LogP contribution < -0.4 is 16.4 Å². The highest BCUT2D eigenvalue weighted by atomic mass is 35.5. The van der Waals surface area contributed by atoms with Crippen LogP contribution in [0, 0.1) is 11.3 Å². The largest absolute Gasteiger partial charge is 0.382 e. The summed E-state index contributed by atoms with van der Waals surface area (Å²) in [4.78, 5) is 16.3. The van der Waals surface area contributed by atoms with Crippen molar-refractivity contribution in [2.75, 3.05) is 23.7 Å². The number of anilines is 2.